The fraction of sp³-hybridized carbons (Fsp3) is 0.0556. The van der Waals surface area contributed by atoms with Gasteiger partial charge in [-0.15, -0.1) is 0 Å². The van der Waals surface area contributed by atoms with E-state index in [1.165, 1.54) is 0 Å². The summed E-state index contributed by atoms with van der Waals surface area (Å²) in [6.45, 7) is 0. The number of esters is 1. The van der Waals surface area contributed by atoms with Crippen LogP contribution in [0.1, 0.15) is 10.4 Å². The first kappa shape index (κ1) is 14.6. The van der Waals surface area contributed by atoms with E-state index >= 15 is 0 Å². The minimum atomic E-state index is -0.440. The van der Waals surface area contributed by atoms with Gasteiger partial charge >= 0.3 is 5.97 Å². The molecule has 3 rings (SSSR count). The number of fused-ring (bicyclic) bond motifs is 1. The molecule has 0 spiro atoms. The third-order valence-electron chi connectivity index (χ3n) is 3.31. The van der Waals surface area contributed by atoms with E-state index in [-0.39, 0.29) is 0 Å². The highest BCUT2D eigenvalue weighted by Crippen LogP contribution is 2.27. The van der Waals surface area contributed by atoms with Crippen LogP contribution in [0.2, 0.25) is 0 Å². The number of methoxy groups -OCH3 is 1. The molecule has 3 aromatic rings. The average molecular weight is 357 g/mol. The molecule has 0 atom stereocenters. The lowest BCUT2D eigenvalue weighted by Gasteiger charge is -2.10. The van der Waals surface area contributed by atoms with E-state index in [4.69, 9.17) is 9.47 Å². The third kappa shape index (κ3) is 2.97. The van der Waals surface area contributed by atoms with Crippen molar-refractivity contribution >= 4 is 32.7 Å². The molecule has 3 nitrogen and oxygen atoms in total. The molecule has 0 saturated carbocycles. The van der Waals surface area contributed by atoms with E-state index < -0.39 is 5.97 Å². The standard InChI is InChI=1S/C18H13BrO3/c1-21-17-11-13-5-3-2-4-12(13)10-16(17)18(20)22-15-8-6-14(19)7-9-15/h2-11H,1H3. The van der Waals surface area contributed by atoms with Gasteiger partial charge in [-0.1, -0.05) is 40.2 Å². The summed E-state index contributed by atoms with van der Waals surface area (Å²) in [7, 11) is 1.54. The van der Waals surface area contributed by atoms with Gasteiger partial charge in [0.25, 0.3) is 0 Å². The Bertz CT molecular complexity index is 825. The molecule has 4 heteroatoms. The molecule has 0 aliphatic rings. The molecule has 0 aromatic heterocycles. The molecule has 0 radical (unpaired) electrons. The zero-order valence-corrected chi connectivity index (χ0v) is 13.5. The third-order valence-corrected chi connectivity index (χ3v) is 3.84. The monoisotopic (exact) mass is 356 g/mol. The van der Waals surface area contributed by atoms with Gasteiger partial charge in [0.15, 0.2) is 0 Å². The van der Waals surface area contributed by atoms with Gasteiger partial charge in [0, 0.05) is 4.47 Å². The van der Waals surface area contributed by atoms with Crippen LogP contribution in [0, 0.1) is 0 Å². The molecule has 0 fully saturated rings. The summed E-state index contributed by atoms with van der Waals surface area (Å²) in [6.07, 6.45) is 0. The number of benzene rings is 3. The molecule has 0 bridgehead atoms. The van der Waals surface area contributed by atoms with Crippen LogP contribution in [0.15, 0.2) is 65.1 Å². The minimum Gasteiger partial charge on any atom is -0.496 e. The van der Waals surface area contributed by atoms with Crippen LogP contribution in [0.3, 0.4) is 0 Å². The fourth-order valence-electron chi connectivity index (χ4n) is 2.21. The number of carbonyl (C=O) groups excluding carboxylic acids is 1. The van der Waals surface area contributed by atoms with Gasteiger partial charge in [0.05, 0.1) is 7.11 Å². The molecule has 0 amide bonds. The molecule has 0 unspecified atom stereocenters. The lowest BCUT2D eigenvalue weighted by Crippen LogP contribution is -2.10. The molecule has 22 heavy (non-hydrogen) atoms. The highest BCUT2D eigenvalue weighted by atomic mass is 79.9. The van der Waals surface area contributed by atoms with Crippen molar-refractivity contribution in [3.8, 4) is 11.5 Å². The van der Waals surface area contributed by atoms with E-state index in [2.05, 4.69) is 15.9 Å². The Balaban J connectivity index is 1.97. The van der Waals surface area contributed by atoms with Crippen LogP contribution in [-0.4, -0.2) is 13.1 Å². The summed E-state index contributed by atoms with van der Waals surface area (Å²) in [5, 5.41) is 1.98. The van der Waals surface area contributed by atoms with E-state index in [0.29, 0.717) is 17.1 Å². The van der Waals surface area contributed by atoms with Gasteiger partial charge in [-0.3, -0.25) is 0 Å². The SMILES string of the molecule is COc1cc2ccccc2cc1C(=O)Oc1ccc(Br)cc1. The Kier molecular flexibility index (Phi) is 4.11. The quantitative estimate of drug-likeness (QED) is 0.498. The highest BCUT2D eigenvalue weighted by molar-refractivity contribution is 9.10. The number of hydrogen-bond donors (Lipinski definition) is 0. The van der Waals surface area contributed by atoms with Crippen LogP contribution in [-0.2, 0) is 0 Å². The highest BCUT2D eigenvalue weighted by Gasteiger charge is 2.16. The molecule has 3 aromatic carbocycles. The van der Waals surface area contributed by atoms with Crippen molar-refractivity contribution < 1.29 is 14.3 Å². The van der Waals surface area contributed by atoms with Crippen LogP contribution < -0.4 is 9.47 Å². The number of ether oxygens (including phenoxy) is 2. The Morgan fingerprint density at radius 2 is 1.59 bits per heavy atom. The second-order valence-electron chi connectivity index (χ2n) is 4.74. The second kappa shape index (κ2) is 6.20. The maximum Gasteiger partial charge on any atom is 0.347 e. The zero-order chi connectivity index (χ0) is 15.5. The zero-order valence-electron chi connectivity index (χ0n) is 11.9. The average Bonchev–Trinajstić information content (AvgIpc) is 2.55. The van der Waals surface area contributed by atoms with Crippen molar-refractivity contribution in [2.45, 2.75) is 0 Å². The molecule has 110 valence electrons. The van der Waals surface area contributed by atoms with Gasteiger partial charge in [-0.2, -0.15) is 0 Å². The topological polar surface area (TPSA) is 35.5 Å². The fourth-order valence-corrected chi connectivity index (χ4v) is 2.48. The Morgan fingerprint density at radius 1 is 0.955 bits per heavy atom. The number of hydrogen-bond acceptors (Lipinski definition) is 3. The molecule has 0 aliphatic heterocycles. The normalized spacial score (nSPS) is 10.5. The Hall–Kier alpha value is -2.33. The number of carbonyl (C=O) groups is 1. The van der Waals surface area contributed by atoms with Crippen molar-refractivity contribution in [1.29, 1.82) is 0 Å². The van der Waals surface area contributed by atoms with Crippen LogP contribution in [0.25, 0.3) is 10.8 Å². The summed E-state index contributed by atoms with van der Waals surface area (Å²) in [5.74, 6) is 0.550. The van der Waals surface area contributed by atoms with Crippen LogP contribution in [0.5, 0.6) is 11.5 Å². The molecular weight excluding hydrogens is 344 g/mol. The Morgan fingerprint density at radius 3 is 2.23 bits per heavy atom. The molecular formula is C18H13BrO3. The second-order valence-corrected chi connectivity index (χ2v) is 5.66. The first-order valence-electron chi connectivity index (χ1n) is 6.72. The van der Waals surface area contributed by atoms with Crippen molar-refractivity contribution in [1.82, 2.24) is 0 Å². The first-order valence-corrected chi connectivity index (χ1v) is 7.51. The maximum atomic E-state index is 12.4. The van der Waals surface area contributed by atoms with Gasteiger partial charge in [0.2, 0.25) is 0 Å². The van der Waals surface area contributed by atoms with Crippen molar-refractivity contribution in [3.63, 3.8) is 0 Å². The smallest absolute Gasteiger partial charge is 0.347 e. The van der Waals surface area contributed by atoms with E-state index in [1.54, 1.807) is 25.3 Å². The number of halogens is 1. The molecule has 0 N–H and O–H groups in total. The van der Waals surface area contributed by atoms with Crippen molar-refractivity contribution in [3.05, 3.63) is 70.7 Å². The minimum absolute atomic E-state index is 0.407. The van der Waals surface area contributed by atoms with Crippen molar-refractivity contribution in [2.24, 2.45) is 0 Å². The van der Waals surface area contributed by atoms with Gasteiger partial charge < -0.3 is 9.47 Å². The van der Waals surface area contributed by atoms with Gasteiger partial charge in [-0.05, 0) is 47.2 Å². The summed E-state index contributed by atoms with van der Waals surface area (Å²) < 4.78 is 11.7. The predicted octanol–water partition coefficient (Wildman–Crippen LogP) is 4.83. The number of rotatable bonds is 3. The first-order chi connectivity index (χ1) is 10.7. The van der Waals surface area contributed by atoms with E-state index in [1.807, 2.05) is 42.5 Å². The van der Waals surface area contributed by atoms with Crippen LogP contribution in [0.4, 0.5) is 0 Å². The van der Waals surface area contributed by atoms with Gasteiger partial charge in [0.1, 0.15) is 17.1 Å². The van der Waals surface area contributed by atoms with E-state index in [9.17, 15) is 4.79 Å². The summed E-state index contributed by atoms with van der Waals surface area (Å²) in [5.41, 5.74) is 0.407. The Labute approximate surface area is 136 Å². The van der Waals surface area contributed by atoms with E-state index in [0.717, 1.165) is 15.2 Å². The largest absolute Gasteiger partial charge is 0.496 e. The molecule has 0 saturated heterocycles. The lowest BCUT2D eigenvalue weighted by molar-refractivity contribution is 0.0731. The summed E-state index contributed by atoms with van der Waals surface area (Å²) in [4.78, 5) is 12.4. The summed E-state index contributed by atoms with van der Waals surface area (Å²) in [6, 6.07) is 18.5. The lowest BCUT2D eigenvalue weighted by atomic mass is 10.1. The summed E-state index contributed by atoms with van der Waals surface area (Å²) >= 11 is 3.35. The van der Waals surface area contributed by atoms with Crippen LogP contribution >= 0.6 is 15.9 Å². The van der Waals surface area contributed by atoms with Gasteiger partial charge in [-0.25, -0.2) is 4.79 Å². The van der Waals surface area contributed by atoms with Crippen molar-refractivity contribution in [2.75, 3.05) is 7.11 Å². The maximum absolute atomic E-state index is 12.4. The predicted molar refractivity (Wildman–Crippen MR) is 89.6 cm³/mol. The molecule has 0 heterocycles. The molecule has 0 aliphatic carbocycles.